The molecule has 1 spiro atoms. The molecule has 0 N–H and O–H groups in total. The maximum Gasteiger partial charge on any atom is 0.312 e. The Morgan fingerprint density at radius 3 is 2.17 bits per heavy atom. The van der Waals surface area contributed by atoms with Crippen molar-refractivity contribution in [2.24, 2.45) is 34.5 Å². The number of ether oxygens (including phenoxy) is 1. The van der Waals surface area contributed by atoms with Crippen LogP contribution >= 0.6 is 0 Å². The Kier molecular flexibility index (Phi) is 2.60. The first-order chi connectivity index (χ1) is 8.43. The Morgan fingerprint density at radius 2 is 1.78 bits per heavy atom. The van der Waals surface area contributed by atoms with Gasteiger partial charge in [0.2, 0.25) is 0 Å². The minimum absolute atomic E-state index is 0.0715. The van der Waals surface area contributed by atoms with E-state index in [0.717, 1.165) is 30.6 Å². The summed E-state index contributed by atoms with van der Waals surface area (Å²) in [6.45, 7) is 10.2. The van der Waals surface area contributed by atoms with E-state index in [9.17, 15) is 4.79 Å². The standard InChI is InChI=1S/C16H26O2/c1-10(2)16(11(3)4)9-12-7-13(16)8-15(12)5-6-18-14(15)17/h10-13H,5-9H2,1-4H3. The Labute approximate surface area is 110 Å². The lowest BCUT2D eigenvalue weighted by molar-refractivity contribution is -0.151. The summed E-state index contributed by atoms with van der Waals surface area (Å²) < 4.78 is 5.29. The summed E-state index contributed by atoms with van der Waals surface area (Å²) in [6.07, 6.45) is 4.61. The van der Waals surface area contributed by atoms with E-state index >= 15 is 0 Å². The lowest BCUT2D eigenvalue weighted by Crippen LogP contribution is -2.45. The number of carbonyl (C=O) groups is 1. The molecule has 3 rings (SSSR count). The number of cyclic esters (lactones) is 1. The number of hydrogen-bond donors (Lipinski definition) is 0. The lowest BCUT2D eigenvalue weighted by atomic mass is 9.55. The van der Waals surface area contributed by atoms with Crippen LogP contribution in [0.5, 0.6) is 0 Å². The van der Waals surface area contributed by atoms with Gasteiger partial charge in [0.05, 0.1) is 12.0 Å². The average molecular weight is 250 g/mol. The molecule has 2 aliphatic carbocycles. The second-order valence-electron chi connectivity index (χ2n) is 7.50. The molecule has 3 aliphatic rings. The lowest BCUT2D eigenvalue weighted by Gasteiger charge is -2.48. The molecule has 18 heavy (non-hydrogen) atoms. The van der Waals surface area contributed by atoms with Gasteiger partial charge in [-0.3, -0.25) is 4.79 Å². The van der Waals surface area contributed by atoms with Crippen LogP contribution in [0.1, 0.15) is 53.4 Å². The predicted molar refractivity (Wildman–Crippen MR) is 70.9 cm³/mol. The van der Waals surface area contributed by atoms with E-state index in [1.807, 2.05) is 0 Å². The normalized spacial score (nSPS) is 41.3. The highest BCUT2D eigenvalue weighted by molar-refractivity contribution is 5.79. The van der Waals surface area contributed by atoms with Crippen LogP contribution in [0.2, 0.25) is 0 Å². The number of hydrogen-bond acceptors (Lipinski definition) is 2. The Balaban J connectivity index is 1.91. The zero-order valence-electron chi connectivity index (χ0n) is 12.2. The van der Waals surface area contributed by atoms with Crippen molar-refractivity contribution in [3.05, 3.63) is 0 Å². The quantitative estimate of drug-likeness (QED) is 0.699. The van der Waals surface area contributed by atoms with Crippen molar-refractivity contribution in [2.45, 2.75) is 53.4 Å². The topological polar surface area (TPSA) is 26.3 Å². The molecule has 2 heteroatoms. The van der Waals surface area contributed by atoms with Gasteiger partial charge in [-0.05, 0) is 54.8 Å². The van der Waals surface area contributed by atoms with Gasteiger partial charge in [-0.15, -0.1) is 0 Å². The second kappa shape index (κ2) is 3.74. The van der Waals surface area contributed by atoms with Crippen molar-refractivity contribution >= 4 is 5.97 Å². The summed E-state index contributed by atoms with van der Waals surface area (Å²) >= 11 is 0. The maximum atomic E-state index is 12.1. The van der Waals surface area contributed by atoms with Crippen molar-refractivity contribution in [1.82, 2.24) is 0 Å². The van der Waals surface area contributed by atoms with Gasteiger partial charge in [-0.2, -0.15) is 0 Å². The molecule has 1 heterocycles. The van der Waals surface area contributed by atoms with E-state index in [-0.39, 0.29) is 11.4 Å². The highest BCUT2D eigenvalue weighted by Crippen LogP contribution is 2.70. The molecule has 0 aromatic carbocycles. The molecule has 2 bridgehead atoms. The van der Waals surface area contributed by atoms with Gasteiger partial charge in [0, 0.05) is 0 Å². The molecule has 2 nitrogen and oxygen atoms in total. The monoisotopic (exact) mass is 250 g/mol. The predicted octanol–water partition coefficient (Wildman–Crippen LogP) is 3.65. The maximum absolute atomic E-state index is 12.1. The zero-order chi connectivity index (χ0) is 13.1. The molecular weight excluding hydrogens is 224 g/mol. The number of carbonyl (C=O) groups excluding carboxylic acids is 1. The van der Waals surface area contributed by atoms with Crippen molar-refractivity contribution in [3.8, 4) is 0 Å². The molecule has 1 aliphatic heterocycles. The second-order valence-corrected chi connectivity index (χ2v) is 7.50. The Bertz CT molecular complexity index is 363. The van der Waals surface area contributed by atoms with Crippen LogP contribution < -0.4 is 0 Å². The summed E-state index contributed by atoms with van der Waals surface area (Å²) in [6, 6.07) is 0. The van der Waals surface area contributed by atoms with Crippen LogP contribution in [0.3, 0.4) is 0 Å². The van der Waals surface area contributed by atoms with Gasteiger partial charge < -0.3 is 4.74 Å². The molecule has 0 amide bonds. The van der Waals surface area contributed by atoms with Crippen LogP contribution in [-0.2, 0) is 9.53 Å². The highest BCUT2D eigenvalue weighted by Gasteiger charge is 2.66. The van der Waals surface area contributed by atoms with Gasteiger partial charge in [0.1, 0.15) is 0 Å². The first kappa shape index (κ1) is 12.5. The minimum Gasteiger partial charge on any atom is -0.465 e. The SMILES string of the molecule is CC(C)C1(C(C)C)CC2CC1CC21CCOC1=O. The summed E-state index contributed by atoms with van der Waals surface area (Å²) in [5.41, 5.74) is 0.400. The molecule has 3 atom stereocenters. The van der Waals surface area contributed by atoms with Crippen LogP contribution in [0, 0.1) is 34.5 Å². The van der Waals surface area contributed by atoms with Gasteiger partial charge in [0.15, 0.2) is 0 Å². The largest absolute Gasteiger partial charge is 0.465 e. The first-order valence-corrected chi connectivity index (χ1v) is 7.60. The summed E-state index contributed by atoms with van der Waals surface area (Å²) in [4.78, 5) is 12.1. The van der Waals surface area contributed by atoms with E-state index in [0.29, 0.717) is 17.9 Å². The third-order valence-electron chi connectivity index (χ3n) is 6.66. The van der Waals surface area contributed by atoms with Gasteiger partial charge >= 0.3 is 5.97 Å². The zero-order valence-corrected chi connectivity index (χ0v) is 12.2. The number of rotatable bonds is 2. The fourth-order valence-corrected chi connectivity index (χ4v) is 5.75. The molecule has 3 unspecified atom stereocenters. The fraction of sp³-hybridized carbons (Fsp3) is 0.938. The first-order valence-electron chi connectivity index (χ1n) is 7.60. The Morgan fingerprint density at radius 1 is 1.11 bits per heavy atom. The average Bonchev–Trinajstić information content (AvgIpc) is 2.93. The van der Waals surface area contributed by atoms with Crippen molar-refractivity contribution in [2.75, 3.05) is 6.61 Å². The van der Waals surface area contributed by atoms with Gasteiger partial charge in [-0.1, -0.05) is 27.7 Å². The van der Waals surface area contributed by atoms with Crippen LogP contribution in [0.25, 0.3) is 0 Å². The highest BCUT2D eigenvalue weighted by atomic mass is 16.5. The van der Waals surface area contributed by atoms with Crippen molar-refractivity contribution < 1.29 is 9.53 Å². The van der Waals surface area contributed by atoms with Crippen LogP contribution in [0.15, 0.2) is 0 Å². The molecule has 3 fully saturated rings. The molecular formula is C16H26O2. The van der Waals surface area contributed by atoms with E-state index < -0.39 is 0 Å². The van der Waals surface area contributed by atoms with Crippen LogP contribution in [0.4, 0.5) is 0 Å². The summed E-state index contributed by atoms with van der Waals surface area (Å²) in [5, 5.41) is 0. The number of fused-ring (bicyclic) bond motifs is 3. The molecule has 0 radical (unpaired) electrons. The van der Waals surface area contributed by atoms with Crippen LogP contribution in [-0.4, -0.2) is 12.6 Å². The molecule has 0 aromatic rings. The molecule has 0 aromatic heterocycles. The van der Waals surface area contributed by atoms with E-state index in [1.54, 1.807) is 0 Å². The van der Waals surface area contributed by atoms with Crippen molar-refractivity contribution in [1.29, 1.82) is 0 Å². The van der Waals surface area contributed by atoms with Gasteiger partial charge in [-0.25, -0.2) is 0 Å². The summed E-state index contributed by atoms with van der Waals surface area (Å²) in [7, 11) is 0. The smallest absolute Gasteiger partial charge is 0.312 e. The fourth-order valence-electron chi connectivity index (χ4n) is 5.75. The molecule has 2 saturated carbocycles. The summed E-state index contributed by atoms with van der Waals surface area (Å²) in [5.74, 6) is 2.91. The molecule has 1 saturated heterocycles. The number of esters is 1. The Hall–Kier alpha value is -0.530. The molecule has 102 valence electrons. The van der Waals surface area contributed by atoms with E-state index in [2.05, 4.69) is 27.7 Å². The minimum atomic E-state index is -0.0715. The van der Waals surface area contributed by atoms with Gasteiger partial charge in [0.25, 0.3) is 0 Å². The third kappa shape index (κ3) is 1.27. The third-order valence-corrected chi connectivity index (χ3v) is 6.66. The van der Waals surface area contributed by atoms with E-state index in [1.165, 1.54) is 12.8 Å². The van der Waals surface area contributed by atoms with E-state index in [4.69, 9.17) is 4.74 Å². The van der Waals surface area contributed by atoms with Crippen molar-refractivity contribution in [3.63, 3.8) is 0 Å².